The minimum absolute atomic E-state index is 0.394. The number of Topliss-reactive ketones (excluding diaryl/α,β-unsaturated/α-hetero) is 1. The van der Waals surface area contributed by atoms with Gasteiger partial charge in [0, 0.05) is 37.8 Å². The summed E-state index contributed by atoms with van der Waals surface area (Å²) in [7, 11) is 3.61. The molecule has 0 unspecified atom stereocenters. The highest BCUT2D eigenvalue weighted by Gasteiger charge is 1.99. The molecule has 0 aromatic heterocycles. The van der Waals surface area contributed by atoms with Crippen LogP contribution in [0.25, 0.3) is 0 Å². The number of carbonyl (C=O) groups is 1. The molecule has 114 valence electrons. The van der Waals surface area contributed by atoms with Gasteiger partial charge >= 0.3 is 0 Å². The summed E-state index contributed by atoms with van der Waals surface area (Å²) < 4.78 is 5.51. The summed E-state index contributed by atoms with van der Waals surface area (Å²) >= 11 is 0. The van der Waals surface area contributed by atoms with Crippen molar-refractivity contribution in [3.8, 4) is 0 Å². The molecule has 0 saturated carbocycles. The van der Waals surface area contributed by atoms with Crippen molar-refractivity contribution in [3.63, 3.8) is 0 Å². The lowest BCUT2D eigenvalue weighted by Crippen LogP contribution is -2.24. The fourth-order valence-corrected chi connectivity index (χ4v) is 3.09. The minimum Gasteiger partial charge on any atom is -0.370 e. The highest BCUT2D eigenvalue weighted by atomic mass is 33.1. The van der Waals surface area contributed by atoms with Crippen molar-refractivity contribution >= 4 is 27.4 Å². The molecule has 1 N–H and O–H groups in total. The van der Waals surface area contributed by atoms with Gasteiger partial charge in [0.2, 0.25) is 0 Å². The molecule has 0 aromatic carbocycles. The van der Waals surface area contributed by atoms with Crippen LogP contribution in [-0.2, 0) is 9.53 Å². The van der Waals surface area contributed by atoms with Crippen LogP contribution in [0.4, 0.5) is 0 Å². The van der Waals surface area contributed by atoms with Crippen LogP contribution in [0, 0.1) is 0 Å². The number of hydrogen-bond donors (Lipinski definition) is 1. The van der Waals surface area contributed by atoms with Gasteiger partial charge in [0.1, 0.15) is 11.7 Å². The van der Waals surface area contributed by atoms with Crippen molar-refractivity contribution < 1.29 is 9.53 Å². The van der Waals surface area contributed by atoms with E-state index in [4.69, 9.17) is 4.74 Å². The van der Waals surface area contributed by atoms with Crippen molar-refractivity contribution in [3.05, 3.63) is 0 Å². The van der Waals surface area contributed by atoms with Crippen molar-refractivity contribution in [1.29, 1.82) is 0 Å². The standard InChI is InChI=1S/C14H29NO2S2/c1-4-7-14(16)8-5-6-10-17-12-19-18-11-9-15-13(2)3/h13,15H,4-12H2,1-3H3. The third-order valence-corrected chi connectivity index (χ3v) is 4.56. The monoisotopic (exact) mass is 307 g/mol. The van der Waals surface area contributed by atoms with Crippen LogP contribution in [0.1, 0.15) is 52.9 Å². The summed E-state index contributed by atoms with van der Waals surface area (Å²) in [5.74, 6) is 2.25. The molecule has 3 nitrogen and oxygen atoms in total. The second-order valence-electron chi connectivity index (χ2n) is 4.82. The molecule has 0 atom stereocenters. The first-order valence-corrected chi connectivity index (χ1v) is 9.72. The lowest BCUT2D eigenvalue weighted by atomic mass is 10.1. The Morgan fingerprint density at radius 3 is 2.68 bits per heavy atom. The number of carbonyl (C=O) groups excluding carboxylic acids is 1. The van der Waals surface area contributed by atoms with Gasteiger partial charge in [-0.05, 0) is 19.3 Å². The van der Waals surface area contributed by atoms with E-state index in [1.807, 2.05) is 17.7 Å². The quantitative estimate of drug-likeness (QED) is 0.299. The number of hydrogen-bond acceptors (Lipinski definition) is 5. The average molecular weight is 308 g/mol. The summed E-state index contributed by atoms with van der Waals surface area (Å²) in [6.07, 6.45) is 4.39. The molecule has 5 heteroatoms. The second-order valence-corrected chi connectivity index (χ2v) is 7.35. The molecular weight excluding hydrogens is 278 g/mol. The zero-order valence-electron chi connectivity index (χ0n) is 12.6. The van der Waals surface area contributed by atoms with Crippen LogP contribution in [0.5, 0.6) is 0 Å². The van der Waals surface area contributed by atoms with Crippen molar-refractivity contribution in [2.24, 2.45) is 0 Å². The van der Waals surface area contributed by atoms with Crippen LogP contribution in [0.2, 0.25) is 0 Å². The van der Waals surface area contributed by atoms with E-state index in [0.717, 1.165) is 56.9 Å². The molecule has 0 saturated heterocycles. The highest BCUT2D eigenvalue weighted by Crippen LogP contribution is 2.20. The van der Waals surface area contributed by atoms with E-state index >= 15 is 0 Å². The van der Waals surface area contributed by atoms with Gasteiger partial charge in [0.25, 0.3) is 0 Å². The maximum atomic E-state index is 11.3. The lowest BCUT2D eigenvalue weighted by molar-refractivity contribution is -0.119. The molecule has 0 heterocycles. The normalized spacial score (nSPS) is 11.2. The topological polar surface area (TPSA) is 38.3 Å². The van der Waals surface area contributed by atoms with Crippen LogP contribution in [-0.4, -0.2) is 36.7 Å². The van der Waals surface area contributed by atoms with Gasteiger partial charge in [-0.3, -0.25) is 4.79 Å². The molecule has 0 spiro atoms. The maximum Gasteiger partial charge on any atom is 0.132 e. The van der Waals surface area contributed by atoms with Crippen LogP contribution < -0.4 is 5.32 Å². The predicted octanol–water partition coefficient (Wildman–Crippen LogP) is 3.88. The Hall–Kier alpha value is 0.290. The Labute approximate surface area is 126 Å². The summed E-state index contributed by atoms with van der Waals surface area (Å²) in [4.78, 5) is 11.3. The summed E-state index contributed by atoms with van der Waals surface area (Å²) in [6, 6.07) is 0.567. The lowest BCUT2D eigenvalue weighted by Gasteiger charge is -2.07. The Kier molecular flexibility index (Phi) is 14.9. The Balaban J connectivity index is 3.05. The van der Waals surface area contributed by atoms with Crippen LogP contribution in [0.15, 0.2) is 0 Å². The molecule has 0 amide bonds. The number of rotatable bonds is 14. The van der Waals surface area contributed by atoms with Gasteiger partial charge in [-0.15, -0.1) is 0 Å². The second kappa shape index (κ2) is 14.7. The van der Waals surface area contributed by atoms with Crippen molar-refractivity contribution in [1.82, 2.24) is 5.32 Å². The van der Waals surface area contributed by atoms with Crippen LogP contribution in [0.3, 0.4) is 0 Å². The molecule has 0 aromatic rings. The van der Waals surface area contributed by atoms with Gasteiger partial charge in [0.05, 0.1) is 0 Å². The Morgan fingerprint density at radius 2 is 2.00 bits per heavy atom. The van der Waals surface area contributed by atoms with E-state index in [0.29, 0.717) is 11.8 Å². The van der Waals surface area contributed by atoms with Gasteiger partial charge in [0.15, 0.2) is 0 Å². The molecule has 0 aliphatic carbocycles. The summed E-state index contributed by atoms with van der Waals surface area (Å²) in [6.45, 7) is 8.19. The maximum absolute atomic E-state index is 11.3. The highest BCUT2D eigenvalue weighted by molar-refractivity contribution is 8.76. The first-order chi connectivity index (χ1) is 9.16. The average Bonchev–Trinajstić information content (AvgIpc) is 2.36. The van der Waals surface area contributed by atoms with Gasteiger partial charge < -0.3 is 10.1 Å². The summed E-state index contributed by atoms with van der Waals surface area (Å²) in [5.41, 5.74) is 0. The molecule has 0 aliphatic heterocycles. The molecule has 0 aliphatic rings. The first kappa shape index (κ1) is 19.3. The fourth-order valence-electron chi connectivity index (χ4n) is 1.51. The fraction of sp³-hybridized carbons (Fsp3) is 0.929. The van der Waals surface area contributed by atoms with Crippen LogP contribution >= 0.6 is 21.6 Å². The molecule has 0 rings (SSSR count). The van der Waals surface area contributed by atoms with Gasteiger partial charge in [-0.2, -0.15) is 0 Å². The van der Waals surface area contributed by atoms with E-state index in [9.17, 15) is 4.79 Å². The first-order valence-electron chi connectivity index (χ1n) is 7.24. The molecule has 0 fully saturated rings. The number of nitrogens with one attached hydrogen (secondary N) is 1. The van der Waals surface area contributed by atoms with E-state index in [-0.39, 0.29) is 0 Å². The largest absolute Gasteiger partial charge is 0.370 e. The molecule has 19 heavy (non-hydrogen) atoms. The zero-order valence-corrected chi connectivity index (χ0v) is 14.2. The molecule has 0 bridgehead atoms. The smallest absolute Gasteiger partial charge is 0.132 e. The predicted molar refractivity (Wildman–Crippen MR) is 87.8 cm³/mol. The Morgan fingerprint density at radius 1 is 1.21 bits per heavy atom. The number of ketones is 1. The number of unbranched alkanes of at least 4 members (excludes halogenated alkanes) is 1. The van der Waals surface area contributed by atoms with Crippen molar-refractivity contribution in [2.75, 3.05) is 24.8 Å². The van der Waals surface area contributed by atoms with Crippen molar-refractivity contribution in [2.45, 2.75) is 58.9 Å². The summed E-state index contributed by atoms with van der Waals surface area (Å²) in [5, 5.41) is 3.38. The minimum atomic E-state index is 0.394. The van der Waals surface area contributed by atoms with Gasteiger partial charge in [-0.25, -0.2) is 0 Å². The van der Waals surface area contributed by atoms with E-state index in [2.05, 4.69) is 19.2 Å². The van der Waals surface area contributed by atoms with E-state index in [1.165, 1.54) is 0 Å². The number of ether oxygens (including phenoxy) is 1. The zero-order chi connectivity index (χ0) is 14.3. The molecule has 0 radical (unpaired) electrons. The third-order valence-electron chi connectivity index (χ3n) is 2.48. The van der Waals surface area contributed by atoms with Gasteiger partial charge in [-0.1, -0.05) is 42.4 Å². The third kappa shape index (κ3) is 16.2. The molecular formula is C14H29NO2S2. The van der Waals surface area contributed by atoms with E-state index < -0.39 is 0 Å². The Bertz CT molecular complexity index is 214. The van der Waals surface area contributed by atoms with E-state index in [1.54, 1.807) is 10.8 Å². The SMILES string of the molecule is CCCC(=O)CCCCOCSSCCNC(C)C.